The molecule has 0 spiro atoms. The van der Waals surface area contributed by atoms with Crippen molar-refractivity contribution in [1.82, 2.24) is 20.3 Å². The molecule has 0 aliphatic rings. The van der Waals surface area contributed by atoms with Crippen molar-refractivity contribution in [1.29, 1.82) is 0 Å². The van der Waals surface area contributed by atoms with Crippen LogP contribution in [0.25, 0.3) is 11.4 Å². The molecule has 0 radical (unpaired) electrons. The standard InChI is InChI=1S/C14H20N4/c1-10(2)6-16-8-12-9-17-14(18-12)13-4-5-15-7-11(13)3/h4-5,7,9-10,16H,6,8H2,1-3H3,(H,17,18). The predicted octanol–water partition coefficient (Wildman–Crippen LogP) is 2.53. The minimum atomic E-state index is 0.662. The highest BCUT2D eigenvalue weighted by atomic mass is 15.0. The molecule has 0 aliphatic carbocycles. The fraction of sp³-hybridized carbons (Fsp3) is 0.429. The van der Waals surface area contributed by atoms with Gasteiger partial charge in [-0.25, -0.2) is 4.98 Å². The summed E-state index contributed by atoms with van der Waals surface area (Å²) in [4.78, 5) is 11.9. The molecule has 0 amide bonds. The van der Waals surface area contributed by atoms with E-state index in [1.54, 1.807) is 6.20 Å². The van der Waals surface area contributed by atoms with Gasteiger partial charge in [0.1, 0.15) is 5.82 Å². The van der Waals surface area contributed by atoms with Gasteiger partial charge in [0.25, 0.3) is 0 Å². The molecule has 0 saturated carbocycles. The molecule has 4 nitrogen and oxygen atoms in total. The Kier molecular flexibility index (Phi) is 4.10. The Hall–Kier alpha value is -1.68. The SMILES string of the molecule is Cc1cnccc1-c1ncc(CNCC(C)C)[nH]1. The average molecular weight is 244 g/mol. The van der Waals surface area contributed by atoms with E-state index in [-0.39, 0.29) is 0 Å². The second-order valence-corrected chi connectivity index (χ2v) is 4.97. The van der Waals surface area contributed by atoms with Crippen LogP contribution in [0.1, 0.15) is 25.1 Å². The first kappa shape index (κ1) is 12.8. The van der Waals surface area contributed by atoms with Crippen molar-refractivity contribution >= 4 is 0 Å². The third-order valence-corrected chi connectivity index (χ3v) is 2.77. The number of hydrogen-bond acceptors (Lipinski definition) is 3. The minimum absolute atomic E-state index is 0.662. The largest absolute Gasteiger partial charge is 0.341 e. The maximum Gasteiger partial charge on any atom is 0.137 e. The van der Waals surface area contributed by atoms with Crippen molar-refractivity contribution in [3.8, 4) is 11.4 Å². The lowest BCUT2D eigenvalue weighted by atomic mass is 10.1. The Labute approximate surface area is 108 Å². The fourth-order valence-corrected chi connectivity index (χ4v) is 1.82. The number of aromatic amines is 1. The first-order valence-electron chi connectivity index (χ1n) is 6.32. The van der Waals surface area contributed by atoms with Crippen molar-refractivity contribution in [2.75, 3.05) is 6.54 Å². The summed E-state index contributed by atoms with van der Waals surface area (Å²) >= 11 is 0. The van der Waals surface area contributed by atoms with Crippen LogP contribution in [-0.2, 0) is 6.54 Å². The van der Waals surface area contributed by atoms with Crippen LogP contribution in [0.2, 0.25) is 0 Å². The summed E-state index contributed by atoms with van der Waals surface area (Å²) in [5.41, 5.74) is 3.36. The number of nitrogens with one attached hydrogen (secondary N) is 2. The fourth-order valence-electron chi connectivity index (χ4n) is 1.82. The third-order valence-electron chi connectivity index (χ3n) is 2.77. The van der Waals surface area contributed by atoms with Gasteiger partial charge in [0.05, 0.1) is 0 Å². The lowest BCUT2D eigenvalue weighted by Crippen LogP contribution is -2.19. The Morgan fingerprint density at radius 2 is 2.17 bits per heavy atom. The Balaban J connectivity index is 2.04. The zero-order chi connectivity index (χ0) is 13.0. The molecule has 2 heterocycles. The topological polar surface area (TPSA) is 53.6 Å². The van der Waals surface area contributed by atoms with Gasteiger partial charge >= 0.3 is 0 Å². The summed E-state index contributed by atoms with van der Waals surface area (Å²) < 4.78 is 0. The van der Waals surface area contributed by atoms with Gasteiger partial charge in [-0.3, -0.25) is 4.98 Å². The molecule has 0 fully saturated rings. The number of aromatic nitrogens is 3. The number of H-pyrrole nitrogens is 1. The first-order valence-corrected chi connectivity index (χ1v) is 6.32. The smallest absolute Gasteiger partial charge is 0.137 e. The molecular formula is C14H20N4. The van der Waals surface area contributed by atoms with Gasteiger partial charge in [-0.2, -0.15) is 0 Å². The molecule has 0 unspecified atom stereocenters. The summed E-state index contributed by atoms with van der Waals surface area (Å²) in [6.07, 6.45) is 5.54. The highest BCUT2D eigenvalue weighted by molar-refractivity contribution is 5.58. The van der Waals surface area contributed by atoms with Gasteiger partial charge in [0.2, 0.25) is 0 Å². The Morgan fingerprint density at radius 1 is 1.33 bits per heavy atom. The highest BCUT2D eigenvalue weighted by Gasteiger charge is 2.06. The molecule has 0 saturated heterocycles. The first-order chi connectivity index (χ1) is 8.66. The van der Waals surface area contributed by atoms with Crippen LogP contribution >= 0.6 is 0 Å². The maximum atomic E-state index is 4.42. The van der Waals surface area contributed by atoms with Crippen molar-refractivity contribution in [2.45, 2.75) is 27.3 Å². The summed E-state index contributed by atoms with van der Waals surface area (Å²) in [5, 5.41) is 3.40. The van der Waals surface area contributed by atoms with Gasteiger partial charge in [0.15, 0.2) is 0 Å². The molecule has 96 valence electrons. The second kappa shape index (κ2) is 5.78. The van der Waals surface area contributed by atoms with E-state index in [0.29, 0.717) is 5.92 Å². The number of nitrogens with zero attached hydrogens (tertiary/aromatic N) is 2. The maximum absolute atomic E-state index is 4.42. The second-order valence-electron chi connectivity index (χ2n) is 4.97. The summed E-state index contributed by atoms with van der Waals surface area (Å²) in [5.74, 6) is 1.58. The monoisotopic (exact) mass is 244 g/mol. The van der Waals surface area contributed by atoms with E-state index in [0.717, 1.165) is 35.7 Å². The number of imidazole rings is 1. The number of pyridine rings is 1. The molecule has 0 aromatic carbocycles. The molecule has 2 rings (SSSR count). The molecule has 2 N–H and O–H groups in total. The van der Waals surface area contributed by atoms with E-state index in [1.165, 1.54) is 0 Å². The van der Waals surface area contributed by atoms with Crippen LogP contribution in [-0.4, -0.2) is 21.5 Å². The van der Waals surface area contributed by atoms with Crippen molar-refractivity contribution < 1.29 is 0 Å². The molecular weight excluding hydrogens is 224 g/mol. The Morgan fingerprint density at radius 3 is 2.89 bits per heavy atom. The van der Waals surface area contributed by atoms with E-state index in [9.17, 15) is 0 Å². The summed E-state index contributed by atoms with van der Waals surface area (Å²) in [7, 11) is 0. The zero-order valence-corrected chi connectivity index (χ0v) is 11.2. The molecule has 4 heteroatoms. The predicted molar refractivity (Wildman–Crippen MR) is 73.1 cm³/mol. The van der Waals surface area contributed by atoms with Crippen LogP contribution in [0.15, 0.2) is 24.7 Å². The van der Waals surface area contributed by atoms with E-state index in [1.807, 2.05) is 25.4 Å². The van der Waals surface area contributed by atoms with Crippen molar-refractivity contribution in [3.05, 3.63) is 35.9 Å². The summed E-state index contributed by atoms with van der Waals surface area (Å²) in [6.45, 7) is 8.29. The minimum Gasteiger partial charge on any atom is -0.341 e. The lowest BCUT2D eigenvalue weighted by molar-refractivity contribution is 0.549. The normalized spacial score (nSPS) is 11.1. The molecule has 0 atom stereocenters. The van der Waals surface area contributed by atoms with Gasteiger partial charge in [-0.1, -0.05) is 13.8 Å². The highest BCUT2D eigenvalue weighted by Crippen LogP contribution is 2.18. The van der Waals surface area contributed by atoms with Crippen molar-refractivity contribution in [3.63, 3.8) is 0 Å². The summed E-state index contributed by atoms with van der Waals surface area (Å²) in [6, 6.07) is 1.99. The van der Waals surface area contributed by atoms with Gasteiger partial charge in [-0.05, 0) is 31.0 Å². The molecule has 0 bridgehead atoms. The van der Waals surface area contributed by atoms with Gasteiger partial charge in [0, 0.05) is 36.4 Å². The molecule has 0 aliphatic heterocycles. The zero-order valence-electron chi connectivity index (χ0n) is 11.2. The number of aryl methyl sites for hydroxylation is 1. The van der Waals surface area contributed by atoms with Crippen LogP contribution in [0.4, 0.5) is 0 Å². The lowest BCUT2D eigenvalue weighted by Gasteiger charge is -2.05. The van der Waals surface area contributed by atoms with Gasteiger partial charge in [-0.15, -0.1) is 0 Å². The number of rotatable bonds is 5. The average Bonchev–Trinajstić information content (AvgIpc) is 2.78. The van der Waals surface area contributed by atoms with Crippen LogP contribution in [0, 0.1) is 12.8 Å². The van der Waals surface area contributed by atoms with Crippen molar-refractivity contribution in [2.24, 2.45) is 5.92 Å². The van der Waals surface area contributed by atoms with Crippen LogP contribution < -0.4 is 5.32 Å². The van der Waals surface area contributed by atoms with E-state index in [2.05, 4.69) is 34.1 Å². The molecule has 2 aromatic rings. The van der Waals surface area contributed by atoms with E-state index >= 15 is 0 Å². The number of hydrogen-bond donors (Lipinski definition) is 2. The van der Waals surface area contributed by atoms with E-state index in [4.69, 9.17) is 0 Å². The van der Waals surface area contributed by atoms with Gasteiger partial charge < -0.3 is 10.3 Å². The Bertz CT molecular complexity index is 502. The molecule has 18 heavy (non-hydrogen) atoms. The third kappa shape index (κ3) is 3.17. The quantitative estimate of drug-likeness (QED) is 0.849. The van der Waals surface area contributed by atoms with Crippen LogP contribution in [0.3, 0.4) is 0 Å². The molecule has 2 aromatic heterocycles. The van der Waals surface area contributed by atoms with E-state index < -0.39 is 0 Å². The van der Waals surface area contributed by atoms with Crippen LogP contribution in [0.5, 0.6) is 0 Å².